The number of halogens is 5. The van der Waals surface area contributed by atoms with Crippen LogP contribution in [0.15, 0.2) is 24.0 Å². The van der Waals surface area contributed by atoms with Gasteiger partial charge in [-0.2, -0.15) is 13.2 Å². The minimum Gasteiger partial charge on any atom is -0.493 e. The van der Waals surface area contributed by atoms with Gasteiger partial charge >= 0.3 is 12.1 Å². The summed E-state index contributed by atoms with van der Waals surface area (Å²) in [5, 5.41) is 0. The molecule has 0 fully saturated rings. The van der Waals surface area contributed by atoms with E-state index in [4.69, 9.17) is 4.74 Å². The molecule has 0 saturated carbocycles. The number of unbranched alkanes of at least 4 members (excludes halogenated alkanes) is 4. The molecule has 0 saturated heterocycles. The molecule has 0 N–H and O–H groups in total. The highest BCUT2D eigenvalue weighted by Gasteiger charge is 2.42. The molecule has 1 aliphatic rings. The van der Waals surface area contributed by atoms with E-state index >= 15 is 0 Å². The van der Waals surface area contributed by atoms with Crippen LogP contribution in [0.3, 0.4) is 0 Å². The molecule has 1 aromatic rings. The van der Waals surface area contributed by atoms with E-state index in [1.807, 2.05) is 0 Å². The highest BCUT2D eigenvalue weighted by molar-refractivity contribution is 5.76. The van der Waals surface area contributed by atoms with E-state index in [9.17, 15) is 26.7 Å². The maximum atomic E-state index is 14.4. The van der Waals surface area contributed by atoms with Crippen LogP contribution in [-0.2, 0) is 9.53 Å². The number of esters is 1. The largest absolute Gasteiger partial charge is 0.493 e. The highest BCUT2D eigenvalue weighted by atomic mass is 19.4. The van der Waals surface area contributed by atoms with Crippen molar-refractivity contribution in [2.75, 3.05) is 6.61 Å². The molecule has 1 aromatic carbocycles. The minimum atomic E-state index is -5.13. The Balaban J connectivity index is 1.94. The molecule has 0 heterocycles. The molecule has 1 unspecified atom stereocenters. The Morgan fingerprint density at radius 2 is 1.86 bits per heavy atom. The van der Waals surface area contributed by atoms with E-state index < -0.39 is 36.3 Å². The lowest BCUT2D eigenvalue weighted by Crippen LogP contribution is -2.31. The van der Waals surface area contributed by atoms with Crippen LogP contribution in [0.5, 0.6) is 5.75 Å². The summed E-state index contributed by atoms with van der Waals surface area (Å²) in [5.41, 5.74) is 0.117. The standard InChI is InChI=1S/C21H25F5O3/c1-2-3-4-5-6-11-28-14-7-9-16(18(22)12-14)17-10-8-15(13-19(17)23)29-20(27)21(24,25)26/h7,9,12,15H,2-6,8,10-11,13H2,1H3. The summed E-state index contributed by atoms with van der Waals surface area (Å²) in [6.07, 6.45) is -1.56. The van der Waals surface area contributed by atoms with Gasteiger partial charge in [-0.3, -0.25) is 0 Å². The molecule has 0 aliphatic heterocycles. The van der Waals surface area contributed by atoms with Crippen LogP contribution < -0.4 is 4.74 Å². The Bertz CT molecular complexity index is 728. The molecule has 1 atom stereocenters. The molecule has 1 aliphatic carbocycles. The third-order valence-electron chi connectivity index (χ3n) is 4.74. The molecule has 2 rings (SSSR count). The number of ether oxygens (including phenoxy) is 2. The van der Waals surface area contributed by atoms with Gasteiger partial charge < -0.3 is 9.47 Å². The number of hydrogen-bond donors (Lipinski definition) is 0. The number of carbonyl (C=O) groups is 1. The van der Waals surface area contributed by atoms with Gasteiger partial charge in [0.05, 0.1) is 6.61 Å². The number of carbonyl (C=O) groups excluding carboxylic acids is 1. The molecule has 0 amide bonds. The first-order valence-corrected chi connectivity index (χ1v) is 9.80. The molecule has 3 nitrogen and oxygen atoms in total. The van der Waals surface area contributed by atoms with E-state index in [2.05, 4.69) is 11.7 Å². The summed E-state index contributed by atoms with van der Waals surface area (Å²) in [7, 11) is 0. The highest BCUT2D eigenvalue weighted by Crippen LogP contribution is 2.37. The molecule has 8 heteroatoms. The molecule has 0 aromatic heterocycles. The number of rotatable bonds is 9. The second kappa shape index (κ2) is 10.6. The summed E-state index contributed by atoms with van der Waals surface area (Å²) in [6.45, 7) is 2.59. The number of alkyl halides is 3. The van der Waals surface area contributed by atoms with Crippen LogP contribution >= 0.6 is 0 Å². The van der Waals surface area contributed by atoms with Crippen LogP contribution in [0.1, 0.15) is 63.9 Å². The van der Waals surface area contributed by atoms with Crippen molar-refractivity contribution in [2.45, 2.75) is 70.6 Å². The smallest absolute Gasteiger partial charge is 0.490 e. The Labute approximate surface area is 166 Å². The van der Waals surface area contributed by atoms with E-state index in [1.54, 1.807) is 6.07 Å². The normalized spacial score (nSPS) is 17.4. The average molecular weight is 420 g/mol. The van der Waals surface area contributed by atoms with Gasteiger partial charge in [0.25, 0.3) is 0 Å². The van der Waals surface area contributed by atoms with Crippen molar-refractivity contribution in [3.63, 3.8) is 0 Å². The minimum absolute atomic E-state index is 0.0139. The van der Waals surface area contributed by atoms with Crippen LogP contribution in [0.2, 0.25) is 0 Å². The number of benzene rings is 1. The fraction of sp³-hybridized carbons (Fsp3) is 0.571. The summed E-state index contributed by atoms with van der Waals surface area (Å²) in [6, 6.07) is 4.12. The quantitative estimate of drug-likeness (QED) is 0.259. The second-order valence-corrected chi connectivity index (χ2v) is 7.06. The zero-order valence-corrected chi connectivity index (χ0v) is 16.3. The van der Waals surface area contributed by atoms with E-state index in [0.29, 0.717) is 12.4 Å². The average Bonchev–Trinajstić information content (AvgIpc) is 2.65. The Morgan fingerprint density at radius 1 is 1.14 bits per heavy atom. The van der Waals surface area contributed by atoms with Crippen molar-refractivity contribution in [1.82, 2.24) is 0 Å². The van der Waals surface area contributed by atoms with Crippen molar-refractivity contribution in [3.05, 3.63) is 35.4 Å². The second-order valence-electron chi connectivity index (χ2n) is 7.06. The summed E-state index contributed by atoms with van der Waals surface area (Å²) in [4.78, 5) is 10.9. The molecule has 0 bridgehead atoms. The third-order valence-corrected chi connectivity index (χ3v) is 4.74. The monoisotopic (exact) mass is 420 g/mol. The van der Waals surface area contributed by atoms with Crippen molar-refractivity contribution < 1.29 is 36.2 Å². The fourth-order valence-corrected chi connectivity index (χ4v) is 3.19. The van der Waals surface area contributed by atoms with Crippen LogP contribution in [-0.4, -0.2) is 24.9 Å². The van der Waals surface area contributed by atoms with Gasteiger partial charge in [-0.25, -0.2) is 13.6 Å². The first-order chi connectivity index (χ1) is 13.7. The lowest BCUT2D eigenvalue weighted by atomic mass is 9.90. The Kier molecular flexibility index (Phi) is 8.46. The molecule has 0 radical (unpaired) electrons. The predicted octanol–water partition coefficient (Wildman–Crippen LogP) is 6.51. The maximum absolute atomic E-state index is 14.4. The van der Waals surface area contributed by atoms with E-state index in [0.717, 1.165) is 25.7 Å². The van der Waals surface area contributed by atoms with Gasteiger partial charge in [0.1, 0.15) is 23.5 Å². The summed E-state index contributed by atoms with van der Waals surface area (Å²) < 4.78 is 75.4. The molecular weight excluding hydrogens is 395 g/mol. The SMILES string of the molecule is CCCCCCCOc1ccc(C2=C(F)CC(OC(=O)C(F)(F)F)CC2)c(F)c1. The van der Waals surface area contributed by atoms with Gasteiger partial charge in [-0.05, 0) is 37.0 Å². The van der Waals surface area contributed by atoms with Crippen molar-refractivity contribution in [1.29, 1.82) is 0 Å². The lowest BCUT2D eigenvalue weighted by molar-refractivity contribution is -0.205. The third kappa shape index (κ3) is 7.01. The Hall–Kier alpha value is -2.12. The van der Waals surface area contributed by atoms with Crippen LogP contribution in [0.4, 0.5) is 22.0 Å². The van der Waals surface area contributed by atoms with Crippen LogP contribution in [0, 0.1) is 5.82 Å². The topological polar surface area (TPSA) is 35.5 Å². The van der Waals surface area contributed by atoms with Gasteiger partial charge in [0.15, 0.2) is 0 Å². The molecule has 29 heavy (non-hydrogen) atoms. The van der Waals surface area contributed by atoms with Crippen molar-refractivity contribution in [2.24, 2.45) is 0 Å². The number of hydrogen-bond acceptors (Lipinski definition) is 3. The van der Waals surface area contributed by atoms with Crippen molar-refractivity contribution in [3.8, 4) is 5.75 Å². The first kappa shape index (κ1) is 23.2. The van der Waals surface area contributed by atoms with Gasteiger partial charge in [0, 0.05) is 18.1 Å². The molecule has 0 spiro atoms. The lowest BCUT2D eigenvalue weighted by Gasteiger charge is -2.24. The van der Waals surface area contributed by atoms with Crippen molar-refractivity contribution >= 4 is 11.5 Å². The van der Waals surface area contributed by atoms with Gasteiger partial charge in [-0.15, -0.1) is 0 Å². The summed E-state index contributed by atoms with van der Waals surface area (Å²) in [5.74, 6) is -3.44. The van der Waals surface area contributed by atoms with Crippen LogP contribution in [0.25, 0.3) is 5.57 Å². The number of allylic oxidation sites excluding steroid dienone is 1. The van der Waals surface area contributed by atoms with Gasteiger partial charge in [-0.1, -0.05) is 32.6 Å². The Morgan fingerprint density at radius 3 is 2.48 bits per heavy atom. The zero-order chi connectivity index (χ0) is 21.4. The fourth-order valence-electron chi connectivity index (χ4n) is 3.19. The predicted molar refractivity (Wildman–Crippen MR) is 98.5 cm³/mol. The first-order valence-electron chi connectivity index (χ1n) is 9.80. The molecule has 162 valence electrons. The van der Waals surface area contributed by atoms with E-state index in [1.165, 1.54) is 18.6 Å². The molecular formula is C21H25F5O3. The maximum Gasteiger partial charge on any atom is 0.490 e. The van der Waals surface area contributed by atoms with E-state index in [-0.39, 0.29) is 24.0 Å². The van der Waals surface area contributed by atoms with Gasteiger partial charge in [0.2, 0.25) is 0 Å². The zero-order valence-electron chi connectivity index (χ0n) is 16.3. The summed E-state index contributed by atoms with van der Waals surface area (Å²) >= 11 is 0.